The molecule has 0 radical (unpaired) electrons. The second-order valence-electron chi connectivity index (χ2n) is 5.24. The molecule has 1 aromatic carbocycles. The summed E-state index contributed by atoms with van der Waals surface area (Å²) >= 11 is 0. The number of nitrogens with zero attached hydrogens (tertiary/aromatic N) is 2. The summed E-state index contributed by atoms with van der Waals surface area (Å²) in [5.41, 5.74) is 0.273. The number of carbonyl (C=O) groups excluding carboxylic acids is 1. The van der Waals surface area contributed by atoms with Gasteiger partial charge in [0.2, 0.25) is 17.3 Å². The molecule has 0 aliphatic heterocycles. The molecule has 3 aromatic rings. The van der Waals surface area contributed by atoms with Gasteiger partial charge < -0.3 is 19.6 Å². The molecular weight excluding hydrogens is 324 g/mol. The number of benzene rings is 1. The van der Waals surface area contributed by atoms with Crippen LogP contribution in [0, 0.1) is 0 Å². The van der Waals surface area contributed by atoms with Gasteiger partial charge in [-0.2, -0.15) is 4.98 Å². The maximum absolute atomic E-state index is 12.1. The topological polar surface area (TPSA) is 110 Å². The van der Waals surface area contributed by atoms with Gasteiger partial charge in [0.05, 0.1) is 6.54 Å². The van der Waals surface area contributed by atoms with Crippen molar-refractivity contribution in [3.63, 3.8) is 0 Å². The Labute approximate surface area is 142 Å². The number of aromatic nitrogens is 3. The summed E-state index contributed by atoms with van der Waals surface area (Å²) in [5, 5.41) is 6.46. The molecule has 1 atom stereocenters. The van der Waals surface area contributed by atoms with Crippen molar-refractivity contribution in [3.8, 4) is 17.1 Å². The molecule has 0 saturated carbocycles. The van der Waals surface area contributed by atoms with E-state index in [1.807, 2.05) is 18.2 Å². The van der Waals surface area contributed by atoms with E-state index < -0.39 is 6.10 Å². The van der Waals surface area contributed by atoms with Crippen LogP contribution in [0.4, 0.5) is 0 Å². The number of para-hydroxylation sites is 1. The number of hydrogen-bond acceptors (Lipinski definition) is 6. The van der Waals surface area contributed by atoms with E-state index in [1.165, 1.54) is 12.3 Å². The van der Waals surface area contributed by atoms with Crippen molar-refractivity contribution in [2.24, 2.45) is 0 Å². The minimum atomic E-state index is -0.669. The van der Waals surface area contributed by atoms with Crippen LogP contribution in [0.3, 0.4) is 0 Å². The summed E-state index contributed by atoms with van der Waals surface area (Å²) < 4.78 is 10.6. The smallest absolute Gasteiger partial charge is 0.261 e. The minimum absolute atomic E-state index is 0.0670. The lowest BCUT2D eigenvalue weighted by atomic mass is 10.2. The Morgan fingerprint density at radius 2 is 2.12 bits per heavy atom. The molecule has 0 fully saturated rings. The average Bonchev–Trinajstić information content (AvgIpc) is 3.09. The largest absolute Gasteiger partial charge is 0.481 e. The first-order valence-corrected chi connectivity index (χ1v) is 7.63. The number of H-pyrrole nitrogens is 1. The van der Waals surface area contributed by atoms with E-state index in [9.17, 15) is 9.59 Å². The predicted molar refractivity (Wildman–Crippen MR) is 88.7 cm³/mol. The lowest BCUT2D eigenvalue weighted by molar-refractivity contribution is -0.127. The van der Waals surface area contributed by atoms with Crippen LogP contribution in [0.1, 0.15) is 12.8 Å². The second kappa shape index (κ2) is 7.43. The van der Waals surface area contributed by atoms with Gasteiger partial charge in [0, 0.05) is 17.8 Å². The standard InChI is InChI=1S/C17H16N4O4/c1-11(24-13-5-3-2-4-6-13)17(23)19-10-15-20-16(21-25-15)12-7-8-18-14(22)9-12/h2-9,11H,10H2,1H3,(H,18,22)(H,19,23). The fourth-order valence-corrected chi connectivity index (χ4v) is 2.09. The minimum Gasteiger partial charge on any atom is -0.481 e. The first-order valence-electron chi connectivity index (χ1n) is 7.63. The van der Waals surface area contributed by atoms with Gasteiger partial charge in [-0.25, -0.2) is 0 Å². The Hall–Kier alpha value is -3.42. The van der Waals surface area contributed by atoms with Gasteiger partial charge in [-0.1, -0.05) is 23.4 Å². The molecular formula is C17H16N4O4. The van der Waals surface area contributed by atoms with Gasteiger partial charge in [-0.15, -0.1) is 0 Å². The molecule has 1 amide bonds. The zero-order valence-electron chi connectivity index (χ0n) is 13.4. The van der Waals surface area contributed by atoms with Crippen LogP contribution in [0.2, 0.25) is 0 Å². The number of ether oxygens (including phenoxy) is 1. The van der Waals surface area contributed by atoms with Crippen LogP contribution in [0.5, 0.6) is 5.75 Å². The van der Waals surface area contributed by atoms with Gasteiger partial charge >= 0.3 is 0 Å². The molecule has 2 N–H and O–H groups in total. The van der Waals surface area contributed by atoms with Crippen LogP contribution in [-0.2, 0) is 11.3 Å². The molecule has 2 aromatic heterocycles. The van der Waals surface area contributed by atoms with Gasteiger partial charge in [-0.3, -0.25) is 9.59 Å². The van der Waals surface area contributed by atoms with Crippen molar-refractivity contribution in [2.75, 3.05) is 0 Å². The third-order valence-corrected chi connectivity index (χ3v) is 3.34. The summed E-state index contributed by atoms with van der Waals surface area (Å²) in [5.74, 6) is 0.818. The normalized spacial score (nSPS) is 11.7. The number of nitrogens with one attached hydrogen (secondary N) is 2. The van der Waals surface area contributed by atoms with E-state index in [1.54, 1.807) is 25.1 Å². The number of pyridine rings is 1. The van der Waals surface area contributed by atoms with Crippen molar-refractivity contribution >= 4 is 5.91 Å². The fourth-order valence-electron chi connectivity index (χ4n) is 2.09. The lowest BCUT2D eigenvalue weighted by Gasteiger charge is -2.13. The first kappa shape index (κ1) is 16.4. The average molecular weight is 340 g/mol. The monoisotopic (exact) mass is 340 g/mol. The van der Waals surface area contributed by atoms with E-state index >= 15 is 0 Å². The number of aromatic amines is 1. The Morgan fingerprint density at radius 1 is 1.32 bits per heavy atom. The van der Waals surface area contributed by atoms with E-state index in [-0.39, 0.29) is 29.7 Å². The molecule has 0 aliphatic carbocycles. The highest BCUT2D eigenvalue weighted by atomic mass is 16.5. The van der Waals surface area contributed by atoms with E-state index in [4.69, 9.17) is 9.26 Å². The molecule has 0 bridgehead atoms. The van der Waals surface area contributed by atoms with Gasteiger partial charge in [0.15, 0.2) is 6.10 Å². The van der Waals surface area contributed by atoms with Crippen molar-refractivity contribution in [3.05, 3.63) is 64.9 Å². The summed E-state index contributed by atoms with van der Waals surface area (Å²) in [6.07, 6.45) is 0.829. The van der Waals surface area contributed by atoms with Gasteiger partial charge in [0.25, 0.3) is 5.91 Å². The number of hydrogen-bond donors (Lipinski definition) is 2. The molecule has 0 saturated heterocycles. The van der Waals surface area contributed by atoms with Crippen molar-refractivity contribution in [1.29, 1.82) is 0 Å². The summed E-state index contributed by atoms with van der Waals surface area (Å²) in [4.78, 5) is 30.0. The third kappa shape index (κ3) is 4.31. The fraction of sp³-hybridized carbons (Fsp3) is 0.176. The van der Waals surface area contributed by atoms with Crippen LogP contribution in [-0.4, -0.2) is 27.1 Å². The van der Waals surface area contributed by atoms with Crippen LogP contribution in [0.25, 0.3) is 11.4 Å². The Morgan fingerprint density at radius 3 is 2.88 bits per heavy atom. The number of rotatable bonds is 6. The molecule has 3 rings (SSSR count). The zero-order valence-corrected chi connectivity index (χ0v) is 13.4. The summed E-state index contributed by atoms with van der Waals surface area (Å²) in [7, 11) is 0. The Bertz CT molecular complexity index is 904. The Balaban J connectivity index is 1.56. The Kier molecular flexibility index (Phi) is 4.89. The third-order valence-electron chi connectivity index (χ3n) is 3.34. The van der Waals surface area contributed by atoms with Crippen LogP contribution < -0.4 is 15.6 Å². The molecule has 128 valence electrons. The SMILES string of the molecule is CC(Oc1ccccc1)C(=O)NCc1nc(-c2cc[nH]c(=O)c2)no1. The van der Waals surface area contributed by atoms with E-state index in [2.05, 4.69) is 20.4 Å². The lowest BCUT2D eigenvalue weighted by Crippen LogP contribution is -2.35. The maximum Gasteiger partial charge on any atom is 0.261 e. The van der Waals surface area contributed by atoms with E-state index in [0.29, 0.717) is 11.3 Å². The van der Waals surface area contributed by atoms with Gasteiger partial charge in [-0.05, 0) is 25.1 Å². The summed E-state index contributed by atoms with van der Waals surface area (Å²) in [6, 6.07) is 12.1. The van der Waals surface area contributed by atoms with Gasteiger partial charge in [0.1, 0.15) is 5.75 Å². The second-order valence-corrected chi connectivity index (χ2v) is 5.24. The van der Waals surface area contributed by atoms with Crippen LogP contribution >= 0.6 is 0 Å². The predicted octanol–water partition coefficient (Wildman–Crippen LogP) is 1.51. The molecule has 8 nitrogen and oxygen atoms in total. The number of carbonyl (C=O) groups is 1. The zero-order chi connectivity index (χ0) is 17.6. The van der Waals surface area contributed by atoms with Crippen LogP contribution in [0.15, 0.2) is 58.0 Å². The molecule has 0 aliphatic rings. The van der Waals surface area contributed by atoms with E-state index in [0.717, 1.165) is 0 Å². The summed E-state index contributed by atoms with van der Waals surface area (Å²) in [6.45, 7) is 1.72. The quantitative estimate of drug-likeness (QED) is 0.704. The maximum atomic E-state index is 12.1. The molecule has 0 spiro atoms. The van der Waals surface area contributed by atoms with Crippen molar-refractivity contribution in [2.45, 2.75) is 19.6 Å². The molecule has 1 unspecified atom stereocenters. The number of amides is 1. The first-order chi connectivity index (χ1) is 12.1. The molecule has 2 heterocycles. The highest BCUT2D eigenvalue weighted by molar-refractivity contribution is 5.80. The highest BCUT2D eigenvalue weighted by Crippen LogP contribution is 2.13. The molecule has 25 heavy (non-hydrogen) atoms. The van der Waals surface area contributed by atoms with Crippen molar-refractivity contribution < 1.29 is 14.1 Å². The molecule has 8 heteroatoms. The highest BCUT2D eigenvalue weighted by Gasteiger charge is 2.16. The van der Waals surface area contributed by atoms with Crippen molar-refractivity contribution in [1.82, 2.24) is 20.4 Å².